The molecule has 4 aromatic rings. The van der Waals surface area contributed by atoms with Gasteiger partial charge >= 0.3 is 0 Å². The summed E-state index contributed by atoms with van der Waals surface area (Å²) in [6.07, 6.45) is 1.90. The number of ether oxygens (including phenoxy) is 2. The smallest absolute Gasteiger partial charge is 0.257 e. The lowest BCUT2D eigenvalue weighted by Crippen LogP contribution is -2.34. The van der Waals surface area contributed by atoms with Crippen LogP contribution in [0.4, 0.5) is 0 Å². The third-order valence-electron chi connectivity index (χ3n) is 11.7. The molecule has 0 aromatic heterocycles. The van der Waals surface area contributed by atoms with Gasteiger partial charge in [-0.05, 0) is 94.8 Å². The Kier molecular flexibility index (Phi) is 12.0. The molecule has 1 aliphatic carbocycles. The van der Waals surface area contributed by atoms with Crippen LogP contribution in [0.2, 0.25) is 0 Å². The molecule has 0 saturated carbocycles. The van der Waals surface area contributed by atoms with E-state index in [2.05, 4.69) is 142 Å². The Hall–Kier alpha value is -4.98. The second-order valence-electron chi connectivity index (χ2n) is 20.9. The van der Waals surface area contributed by atoms with Gasteiger partial charge in [0, 0.05) is 38.8 Å². The summed E-state index contributed by atoms with van der Waals surface area (Å²) < 4.78 is 13.2. The van der Waals surface area contributed by atoms with Crippen molar-refractivity contribution in [2.75, 3.05) is 26.3 Å². The summed E-state index contributed by atoms with van der Waals surface area (Å²) in [5, 5.41) is 30.7. The van der Waals surface area contributed by atoms with Crippen LogP contribution in [0.5, 0.6) is 23.0 Å². The van der Waals surface area contributed by atoms with Gasteiger partial charge in [0.05, 0.1) is 0 Å². The number of hydrogen-bond donors (Lipinski definition) is 4. The lowest BCUT2D eigenvalue weighted by atomic mass is 9.79. The van der Waals surface area contributed by atoms with Gasteiger partial charge < -0.3 is 30.3 Å². The van der Waals surface area contributed by atoms with Gasteiger partial charge in [-0.1, -0.05) is 132 Å². The van der Waals surface area contributed by atoms with Gasteiger partial charge in [0.1, 0.15) is 23.0 Å². The Morgan fingerprint density at radius 3 is 0.898 bits per heavy atom. The summed E-state index contributed by atoms with van der Waals surface area (Å²) in [6.45, 7) is 26.4. The summed E-state index contributed by atoms with van der Waals surface area (Å²) >= 11 is 0. The molecule has 0 spiro atoms. The minimum Gasteiger partial charge on any atom is -0.507 e. The molecule has 4 aromatic carbocycles. The number of phenolic OH excluding ortho intramolecular Hbond substituents is 2. The van der Waals surface area contributed by atoms with E-state index in [9.17, 15) is 19.8 Å². The van der Waals surface area contributed by atoms with E-state index in [0.29, 0.717) is 56.7 Å². The van der Waals surface area contributed by atoms with Crippen LogP contribution in [0.15, 0.2) is 48.5 Å². The lowest BCUT2D eigenvalue weighted by Gasteiger charge is -2.28. The first-order chi connectivity index (χ1) is 27.4. The monoisotopic (exact) mass is 802 g/mol. The lowest BCUT2D eigenvalue weighted by molar-refractivity contribution is -0.123. The standard InChI is InChI=1S/C51H66N2O6/c1-48(2,3)38-20-30-16-34-24-40(50(7,8)9)26-36-18-32-22-39(49(4,5)6)23-33(45(32)57)19-37-27-41(51(10,11)12)25-35(17-31(21-38)44(30)56)47(37)59-29-43(55)53-15-13-14-52-42(54)28-58-46(34)36/h20-27,56-57H,13-19,28-29H2,1-12H3,(H,52,54)(H,53,55). The van der Waals surface area contributed by atoms with Crippen LogP contribution in [-0.4, -0.2) is 48.3 Å². The highest BCUT2D eigenvalue weighted by atomic mass is 16.5. The summed E-state index contributed by atoms with van der Waals surface area (Å²) in [5.74, 6) is 0.964. The Bertz CT molecular complexity index is 2000. The number of nitrogens with one attached hydrogen (secondary N) is 2. The van der Waals surface area contributed by atoms with Crippen LogP contribution in [0.25, 0.3) is 0 Å². The molecule has 316 valence electrons. The molecule has 10 bridgehead atoms. The van der Waals surface area contributed by atoms with Gasteiger partial charge in [0.2, 0.25) is 0 Å². The van der Waals surface area contributed by atoms with Gasteiger partial charge in [0.15, 0.2) is 13.2 Å². The first kappa shape index (κ1) is 43.6. The SMILES string of the molecule is CC(C)(C)c1cc2c(O)c(c1)Cc1cc(C(C)(C)C)cc3c1OCC(=O)NCCCNC(=O)COc1c(cc(C(C)(C)C)cc1Cc1cc(C(C)(C)C)cc(c1O)C3)C2. The second kappa shape index (κ2) is 16.2. The molecule has 8 heteroatoms. The summed E-state index contributed by atoms with van der Waals surface area (Å²) in [4.78, 5) is 26.6. The maximum Gasteiger partial charge on any atom is 0.257 e. The van der Waals surface area contributed by atoms with Crippen LogP contribution in [0, 0.1) is 0 Å². The first-order valence-electron chi connectivity index (χ1n) is 21.2. The van der Waals surface area contributed by atoms with Crippen molar-refractivity contribution in [3.05, 3.63) is 115 Å². The zero-order valence-electron chi connectivity index (χ0n) is 37.5. The van der Waals surface area contributed by atoms with Crippen molar-refractivity contribution < 1.29 is 29.3 Å². The average molecular weight is 803 g/mol. The van der Waals surface area contributed by atoms with Gasteiger partial charge in [-0.15, -0.1) is 0 Å². The van der Waals surface area contributed by atoms with E-state index < -0.39 is 0 Å². The fourth-order valence-electron chi connectivity index (χ4n) is 7.94. The van der Waals surface area contributed by atoms with Gasteiger partial charge in [0.25, 0.3) is 11.8 Å². The number of hydrogen-bond acceptors (Lipinski definition) is 6. The average Bonchev–Trinajstić information content (AvgIpc) is 3.11. The van der Waals surface area contributed by atoms with Gasteiger partial charge in [-0.2, -0.15) is 0 Å². The fraction of sp³-hybridized carbons (Fsp3) is 0.490. The molecule has 0 radical (unpaired) electrons. The predicted octanol–water partition coefficient (Wildman–Crippen LogP) is 9.36. The zero-order valence-corrected chi connectivity index (χ0v) is 37.5. The van der Waals surface area contributed by atoms with Crippen molar-refractivity contribution in [3.8, 4) is 23.0 Å². The largest absolute Gasteiger partial charge is 0.507 e. The van der Waals surface area contributed by atoms with E-state index in [0.717, 1.165) is 66.8 Å². The van der Waals surface area contributed by atoms with Crippen LogP contribution in [0.1, 0.15) is 156 Å². The Morgan fingerprint density at radius 2 is 0.661 bits per heavy atom. The van der Waals surface area contributed by atoms with Crippen molar-refractivity contribution in [2.24, 2.45) is 0 Å². The van der Waals surface area contributed by atoms with Crippen molar-refractivity contribution >= 4 is 11.8 Å². The molecule has 8 nitrogen and oxygen atoms in total. The predicted molar refractivity (Wildman–Crippen MR) is 237 cm³/mol. The number of phenols is 2. The van der Waals surface area contributed by atoms with E-state index in [4.69, 9.17) is 9.47 Å². The van der Waals surface area contributed by atoms with E-state index >= 15 is 0 Å². The molecule has 6 rings (SSSR count). The summed E-state index contributed by atoms with van der Waals surface area (Å²) in [5.41, 5.74) is 9.71. The molecule has 0 atom stereocenters. The molecule has 4 N–H and O–H groups in total. The van der Waals surface area contributed by atoms with Crippen molar-refractivity contribution in [2.45, 2.75) is 137 Å². The maximum atomic E-state index is 13.3. The van der Waals surface area contributed by atoms with Crippen LogP contribution in [0.3, 0.4) is 0 Å². The second-order valence-corrected chi connectivity index (χ2v) is 20.9. The molecule has 59 heavy (non-hydrogen) atoms. The minimum atomic E-state index is -0.279. The topological polar surface area (TPSA) is 117 Å². The molecule has 0 saturated heterocycles. The van der Waals surface area contributed by atoms with E-state index in [-0.39, 0.29) is 58.2 Å². The summed E-state index contributed by atoms with van der Waals surface area (Å²) in [7, 11) is 0. The first-order valence-corrected chi connectivity index (χ1v) is 21.2. The fourth-order valence-corrected chi connectivity index (χ4v) is 7.94. The van der Waals surface area contributed by atoms with Crippen LogP contribution in [-0.2, 0) is 56.9 Å². The highest BCUT2D eigenvalue weighted by Crippen LogP contribution is 2.43. The Labute approximate surface area is 352 Å². The normalized spacial score (nSPS) is 15.9. The highest BCUT2D eigenvalue weighted by Gasteiger charge is 2.29. The number of benzene rings is 4. The number of rotatable bonds is 0. The number of aromatic hydroxyl groups is 2. The van der Waals surface area contributed by atoms with Crippen LogP contribution < -0.4 is 20.1 Å². The molecule has 0 fully saturated rings. The molecule has 2 amide bonds. The third-order valence-corrected chi connectivity index (χ3v) is 11.7. The van der Waals surface area contributed by atoms with Crippen molar-refractivity contribution in [1.82, 2.24) is 10.6 Å². The molecule has 1 heterocycles. The molecular formula is C51H66N2O6. The van der Waals surface area contributed by atoms with Crippen molar-refractivity contribution in [1.29, 1.82) is 0 Å². The maximum absolute atomic E-state index is 13.3. The number of fused-ring (bicyclic) bond motifs is 2. The van der Waals surface area contributed by atoms with E-state index in [1.165, 1.54) is 0 Å². The number of carbonyl (C=O) groups is 2. The van der Waals surface area contributed by atoms with Crippen LogP contribution >= 0.6 is 0 Å². The third kappa shape index (κ3) is 10.1. The number of amides is 2. The Balaban J connectivity index is 1.76. The molecule has 0 unspecified atom stereocenters. The molecule has 2 aliphatic rings. The molecule has 1 aliphatic heterocycles. The summed E-state index contributed by atoms with van der Waals surface area (Å²) in [6, 6.07) is 17.0. The van der Waals surface area contributed by atoms with E-state index in [1.807, 2.05) is 0 Å². The van der Waals surface area contributed by atoms with Gasteiger partial charge in [-0.25, -0.2) is 0 Å². The van der Waals surface area contributed by atoms with E-state index in [1.54, 1.807) is 0 Å². The minimum absolute atomic E-state index is 0.190. The molecular weight excluding hydrogens is 737 g/mol. The number of carbonyl (C=O) groups excluding carboxylic acids is 2. The van der Waals surface area contributed by atoms with Gasteiger partial charge in [-0.3, -0.25) is 9.59 Å². The highest BCUT2D eigenvalue weighted by molar-refractivity contribution is 5.78. The quantitative estimate of drug-likeness (QED) is 0.124. The van der Waals surface area contributed by atoms with Crippen molar-refractivity contribution in [3.63, 3.8) is 0 Å². The Morgan fingerprint density at radius 1 is 0.424 bits per heavy atom. The zero-order chi connectivity index (χ0) is 43.2.